The molecule has 2 N–H and O–H groups in total. The summed E-state index contributed by atoms with van der Waals surface area (Å²) >= 11 is 5.97. The molecule has 106 valence electrons. The van der Waals surface area contributed by atoms with Crippen molar-refractivity contribution in [1.29, 1.82) is 0 Å². The summed E-state index contributed by atoms with van der Waals surface area (Å²) in [7, 11) is 0. The minimum Gasteiger partial charge on any atom is -0.423 e. The van der Waals surface area contributed by atoms with Gasteiger partial charge in [-0.25, -0.2) is 4.68 Å². The molecule has 0 saturated carbocycles. The van der Waals surface area contributed by atoms with E-state index in [0.717, 1.165) is 11.3 Å². The molecule has 0 atom stereocenters. The number of halogens is 1. The second kappa shape index (κ2) is 5.95. The molecular formula is C15H13ClN4O. The van der Waals surface area contributed by atoms with Gasteiger partial charge in [0.2, 0.25) is 0 Å². The van der Waals surface area contributed by atoms with E-state index in [4.69, 9.17) is 22.1 Å². The Labute approximate surface area is 126 Å². The minimum atomic E-state index is 0.246. The highest BCUT2D eigenvalue weighted by atomic mass is 35.5. The van der Waals surface area contributed by atoms with Crippen molar-refractivity contribution in [3.63, 3.8) is 0 Å². The Bertz CT molecular complexity index is 742. The summed E-state index contributed by atoms with van der Waals surface area (Å²) in [5.41, 5.74) is 7.43. The second-order valence-corrected chi connectivity index (χ2v) is 4.80. The van der Waals surface area contributed by atoms with Gasteiger partial charge in [-0.1, -0.05) is 35.9 Å². The van der Waals surface area contributed by atoms with Crippen molar-refractivity contribution in [2.45, 2.75) is 6.54 Å². The number of para-hydroxylation sites is 1. The number of nitrogens with zero attached hydrogens (tertiary/aromatic N) is 3. The molecule has 0 fully saturated rings. The number of hydrogen-bond donors (Lipinski definition) is 1. The molecule has 0 aliphatic rings. The largest absolute Gasteiger partial charge is 0.423 e. The molecule has 0 amide bonds. The number of benzene rings is 2. The molecule has 0 spiro atoms. The first-order valence-electron chi connectivity index (χ1n) is 6.39. The van der Waals surface area contributed by atoms with Crippen molar-refractivity contribution < 1.29 is 4.74 Å². The Morgan fingerprint density at radius 1 is 1.14 bits per heavy atom. The standard InChI is InChI=1S/C15H13ClN4O/c16-12-7-6-11(9-17)14(8-12)21-15-18-10-20(19-15)13-4-2-1-3-5-13/h1-8,10H,9,17H2. The third kappa shape index (κ3) is 3.04. The van der Waals surface area contributed by atoms with Crippen LogP contribution < -0.4 is 10.5 Å². The van der Waals surface area contributed by atoms with Gasteiger partial charge in [0.05, 0.1) is 5.69 Å². The summed E-state index contributed by atoms with van der Waals surface area (Å²) in [4.78, 5) is 4.14. The van der Waals surface area contributed by atoms with Crippen molar-refractivity contribution in [1.82, 2.24) is 14.8 Å². The van der Waals surface area contributed by atoms with E-state index >= 15 is 0 Å². The molecule has 0 bridgehead atoms. The highest BCUT2D eigenvalue weighted by Gasteiger charge is 2.09. The van der Waals surface area contributed by atoms with E-state index < -0.39 is 0 Å². The lowest BCUT2D eigenvalue weighted by atomic mass is 10.2. The molecule has 3 rings (SSSR count). The maximum atomic E-state index is 5.97. The van der Waals surface area contributed by atoms with Crippen LogP contribution in [0.4, 0.5) is 0 Å². The van der Waals surface area contributed by atoms with Crippen LogP contribution in [0.15, 0.2) is 54.9 Å². The normalized spacial score (nSPS) is 10.6. The first-order chi connectivity index (χ1) is 10.3. The second-order valence-electron chi connectivity index (χ2n) is 4.37. The average Bonchev–Trinajstić information content (AvgIpc) is 2.97. The average molecular weight is 301 g/mol. The quantitative estimate of drug-likeness (QED) is 0.803. The number of hydrogen-bond acceptors (Lipinski definition) is 4. The van der Waals surface area contributed by atoms with Crippen LogP contribution in [0.2, 0.25) is 5.02 Å². The number of nitrogens with two attached hydrogens (primary N) is 1. The number of aromatic nitrogens is 3. The molecular weight excluding hydrogens is 288 g/mol. The topological polar surface area (TPSA) is 66.0 Å². The summed E-state index contributed by atoms with van der Waals surface area (Å²) in [6, 6.07) is 15.2. The minimum absolute atomic E-state index is 0.246. The lowest BCUT2D eigenvalue weighted by Crippen LogP contribution is -2.00. The van der Waals surface area contributed by atoms with Crippen molar-refractivity contribution in [2.75, 3.05) is 0 Å². The maximum Gasteiger partial charge on any atom is 0.341 e. The highest BCUT2D eigenvalue weighted by molar-refractivity contribution is 6.30. The zero-order valence-electron chi connectivity index (χ0n) is 11.1. The lowest BCUT2D eigenvalue weighted by Gasteiger charge is -2.07. The Hall–Kier alpha value is -2.37. The molecule has 1 heterocycles. The van der Waals surface area contributed by atoms with Crippen LogP contribution in [-0.2, 0) is 6.54 Å². The third-order valence-electron chi connectivity index (χ3n) is 2.94. The first kappa shape index (κ1) is 13.6. The molecule has 0 radical (unpaired) electrons. The van der Waals surface area contributed by atoms with E-state index in [0.29, 0.717) is 17.3 Å². The summed E-state index contributed by atoms with van der Waals surface area (Å²) in [6.45, 7) is 0.353. The van der Waals surface area contributed by atoms with Crippen LogP contribution in [0.25, 0.3) is 5.69 Å². The van der Waals surface area contributed by atoms with Gasteiger partial charge in [0, 0.05) is 17.1 Å². The Kier molecular flexibility index (Phi) is 3.85. The van der Waals surface area contributed by atoms with E-state index in [1.165, 1.54) is 0 Å². The van der Waals surface area contributed by atoms with Crippen LogP contribution >= 0.6 is 11.6 Å². The molecule has 0 unspecified atom stereocenters. The predicted octanol–water partition coefficient (Wildman–Crippen LogP) is 3.17. The Morgan fingerprint density at radius 2 is 1.95 bits per heavy atom. The van der Waals surface area contributed by atoms with Gasteiger partial charge in [0.25, 0.3) is 0 Å². The van der Waals surface area contributed by atoms with Gasteiger partial charge in [-0.15, -0.1) is 5.10 Å². The molecule has 3 aromatic rings. The maximum absolute atomic E-state index is 5.97. The predicted molar refractivity (Wildman–Crippen MR) is 80.8 cm³/mol. The van der Waals surface area contributed by atoms with Gasteiger partial charge in [-0.3, -0.25) is 0 Å². The molecule has 2 aromatic carbocycles. The highest BCUT2D eigenvalue weighted by Crippen LogP contribution is 2.26. The van der Waals surface area contributed by atoms with Crippen molar-refractivity contribution >= 4 is 11.6 Å². The molecule has 0 saturated heterocycles. The third-order valence-corrected chi connectivity index (χ3v) is 3.18. The summed E-state index contributed by atoms with van der Waals surface area (Å²) in [5.74, 6) is 0.566. The fourth-order valence-corrected chi connectivity index (χ4v) is 2.05. The van der Waals surface area contributed by atoms with Crippen LogP contribution in [0.5, 0.6) is 11.8 Å². The zero-order chi connectivity index (χ0) is 14.7. The van der Waals surface area contributed by atoms with E-state index in [1.807, 2.05) is 36.4 Å². The zero-order valence-corrected chi connectivity index (χ0v) is 11.9. The smallest absolute Gasteiger partial charge is 0.341 e. The summed E-state index contributed by atoms with van der Waals surface area (Å²) < 4.78 is 7.32. The molecule has 21 heavy (non-hydrogen) atoms. The monoisotopic (exact) mass is 300 g/mol. The van der Waals surface area contributed by atoms with Gasteiger partial charge >= 0.3 is 6.01 Å². The van der Waals surface area contributed by atoms with Crippen LogP contribution in [0.1, 0.15) is 5.56 Å². The number of rotatable bonds is 4. The van der Waals surface area contributed by atoms with Crippen LogP contribution in [-0.4, -0.2) is 14.8 Å². The molecule has 0 aliphatic carbocycles. The molecule has 6 heteroatoms. The Balaban J connectivity index is 1.87. The summed E-state index contributed by atoms with van der Waals surface area (Å²) in [5, 5.41) is 4.85. The van der Waals surface area contributed by atoms with Crippen LogP contribution in [0, 0.1) is 0 Å². The fraction of sp³-hybridized carbons (Fsp3) is 0.0667. The van der Waals surface area contributed by atoms with E-state index in [-0.39, 0.29) is 6.01 Å². The van der Waals surface area contributed by atoms with Crippen molar-refractivity contribution in [2.24, 2.45) is 5.73 Å². The van der Waals surface area contributed by atoms with E-state index in [1.54, 1.807) is 23.1 Å². The van der Waals surface area contributed by atoms with Gasteiger partial charge in [-0.2, -0.15) is 4.98 Å². The molecule has 1 aromatic heterocycles. The van der Waals surface area contributed by atoms with E-state index in [2.05, 4.69) is 10.1 Å². The Morgan fingerprint density at radius 3 is 2.71 bits per heavy atom. The first-order valence-corrected chi connectivity index (χ1v) is 6.77. The van der Waals surface area contributed by atoms with E-state index in [9.17, 15) is 0 Å². The SMILES string of the molecule is NCc1ccc(Cl)cc1Oc1ncn(-c2ccccc2)n1. The fourth-order valence-electron chi connectivity index (χ4n) is 1.89. The van der Waals surface area contributed by atoms with Gasteiger partial charge < -0.3 is 10.5 Å². The molecule has 5 nitrogen and oxygen atoms in total. The lowest BCUT2D eigenvalue weighted by molar-refractivity contribution is 0.436. The molecule has 0 aliphatic heterocycles. The van der Waals surface area contributed by atoms with Gasteiger partial charge in [0.15, 0.2) is 0 Å². The van der Waals surface area contributed by atoms with Gasteiger partial charge in [0.1, 0.15) is 12.1 Å². The van der Waals surface area contributed by atoms with Crippen molar-refractivity contribution in [3.05, 3.63) is 65.4 Å². The van der Waals surface area contributed by atoms with Crippen LogP contribution in [0.3, 0.4) is 0 Å². The van der Waals surface area contributed by atoms with Gasteiger partial charge in [-0.05, 0) is 24.3 Å². The summed E-state index contributed by atoms with van der Waals surface area (Å²) in [6.07, 6.45) is 1.59. The van der Waals surface area contributed by atoms with Crippen molar-refractivity contribution in [3.8, 4) is 17.4 Å². The number of ether oxygens (including phenoxy) is 1.